The zero-order chi connectivity index (χ0) is 22.8. The Kier molecular flexibility index (Phi) is 5.57. The van der Waals surface area contributed by atoms with Gasteiger partial charge in [0, 0.05) is 22.9 Å². The van der Waals surface area contributed by atoms with E-state index in [0.29, 0.717) is 12.1 Å². The van der Waals surface area contributed by atoms with Crippen LogP contribution in [0.25, 0.3) is 21.8 Å². The van der Waals surface area contributed by atoms with Gasteiger partial charge in [-0.2, -0.15) is 0 Å². The Labute approximate surface area is 193 Å². The van der Waals surface area contributed by atoms with Gasteiger partial charge in [-0.1, -0.05) is 55.8 Å². The fraction of sp³-hybridized carbons (Fsp3) is 0.138. The second-order valence-electron chi connectivity index (χ2n) is 8.23. The standard InChI is InChI=1S/C29H25N2O2/c1-2-8-20-15-16-24-27(18-20)31(26-14-7-13-25(28(24)26)29(30)32)19-21-9-6-12-23(17-21)33-22-10-4-3-5-11-22/h3-7,9-15,17-18H,2,8,19H2,1H3,(H2,30,32). The molecule has 1 heterocycles. The highest BCUT2D eigenvalue weighted by Gasteiger charge is 2.17. The quantitative estimate of drug-likeness (QED) is 0.319. The highest BCUT2D eigenvalue weighted by atomic mass is 16.5. The van der Waals surface area contributed by atoms with Gasteiger partial charge in [0.1, 0.15) is 11.5 Å². The van der Waals surface area contributed by atoms with Crippen LogP contribution in [-0.2, 0) is 13.0 Å². The molecule has 0 aliphatic rings. The van der Waals surface area contributed by atoms with E-state index in [0.717, 1.165) is 51.7 Å². The molecule has 0 unspecified atom stereocenters. The monoisotopic (exact) mass is 433 g/mol. The molecule has 33 heavy (non-hydrogen) atoms. The fourth-order valence-corrected chi connectivity index (χ4v) is 4.42. The third-order valence-corrected chi connectivity index (χ3v) is 5.88. The highest BCUT2D eigenvalue weighted by Crippen LogP contribution is 2.33. The van der Waals surface area contributed by atoms with Gasteiger partial charge < -0.3 is 15.0 Å². The van der Waals surface area contributed by atoms with Crippen LogP contribution >= 0.6 is 0 Å². The largest absolute Gasteiger partial charge is 0.457 e. The average Bonchev–Trinajstić information content (AvgIpc) is 3.13. The molecule has 0 fully saturated rings. The van der Waals surface area contributed by atoms with E-state index in [2.05, 4.69) is 35.8 Å². The molecule has 0 bridgehead atoms. The summed E-state index contributed by atoms with van der Waals surface area (Å²) in [5.74, 6) is 1.16. The van der Waals surface area contributed by atoms with E-state index in [1.165, 1.54) is 5.56 Å². The van der Waals surface area contributed by atoms with Crippen molar-refractivity contribution in [3.8, 4) is 11.5 Å². The van der Waals surface area contributed by atoms with Crippen molar-refractivity contribution in [3.63, 3.8) is 0 Å². The van der Waals surface area contributed by atoms with E-state index < -0.39 is 5.91 Å². The number of hydrogen-bond donors (Lipinski definition) is 1. The summed E-state index contributed by atoms with van der Waals surface area (Å²) >= 11 is 0. The SMILES string of the molecule is CCCc1c[c]c2c3c(C(N)=O)cccc3n(Cc3cccc(Oc4ccccc4)c3)c2c1. The number of nitrogens with two attached hydrogens (primary N) is 1. The number of rotatable bonds is 7. The number of amides is 1. The highest BCUT2D eigenvalue weighted by molar-refractivity contribution is 6.17. The first kappa shape index (κ1) is 20.8. The van der Waals surface area contributed by atoms with Crippen molar-refractivity contribution in [2.45, 2.75) is 26.3 Å². The second kappa shape index (κ2) is 8.83. The van der Waals surface area contributed by atoms with E-state index in [-0.39, 0.29) is 0 Å². The van der Waals surface area contributed by atoms with Crippen molar-refractivity contribution < 1.29 is 9.53 Å². The van der Waals surface area contributed by atoms with Gasteiger partial charge in [0.05, 0.1) is 11.0 Å². The minimum atomic E-state index is -0.427. The van der Waals surface area contributed by atoms with Crippen LogP contribution in [0.15, 0.2) is 84.9 Å². The zero-order valence-corrected chi connectivity index (χ0v) is 18.5. The summed E-state index contributed by atoms with van der Waals surface area (Å²) in [6.45, 7) is 2.81. The lowest BCUT2D eigenvalue weighted by molar-refractivity contribution is 0.100. The third kappa shape index (κ3) is 4.08. The summed E-state index contributed by atoms with van der Waals surface area (Å²) in [5, 5.41) is 1.79. The molecule has 0 spiro atoms. The van der Waals surface area contributed by atoms with E-state index in [4.69, 9.17) is 10.5 Å². The molecule has 163 valence electrons. The first-order valence-electron chi connectivity index (χ1n) is 11.2. The maximum Gasteiger partial charge on any atom is 0.249 e. The van der Waals surface area contributed by atoms with Gasteiger partial charge in [-0.05, 0) is 66.1 Å². The van der Waals surface area contributed by atoms with Crippen LogP contribution in [-0.4, -0.2) is 10.5 Å². The molecule has 0 aliphatic heterocycles. The number of hydrogen-bond acceptors (Lipinski definition) is 2. The average molecular weight is 434 g/mol. The van der Waals surface area contributed by atoms with Crippen molar-refractivity contribution in [2.75, 3.05) is 0 Å². The third-order valence-electron chi connectivity index (χ3n) is 5.88. The summed E-state index contributed by atoms with van der Waals surface area (Å²) in [4.78, 5) is 12.2. The minimum absolute atomic E-state index is 0.427. The number of aryl methyl sites for hydroxylation is 1. The van der Waals surface area contributed by atoms with Gasteiger partial charge in [0.15, 0.2) is 0 Å². The Morgan fingerprint density at radius 2 is 1.70 bits per heavy atom. The summed E-state index contributed by atoms with van der Waals surface area (Å²) in [5.41, 5.74) is 10.6. The van der Waals surface area contributed by atoms with Crippen LogP contribution in [0.3, 0.4) is 0 Å². The van der Waals surface area contributed by atoms with E-state index in [1.807, 2.05) is 60.7 Å². The molecule has 1 aromatic heterocycles. The molecule has 4 nitrogen and oxygen atoms in total. The molecule has 2 N–H and O–H groups in total. The number of nitrogens with zero attached hydrogens (tertiary/aromatic N) is 1. The van der Waals surface area contributed by atoms with Gasteiger partial charge >= 0.3 is 0 Å². The fourth-order valence-electron chi connectivity index (χ4n) is 4.42. The smallest absolute Gasteiger partial charge is 0.249 e. The van der Waals surface area contributed by atoms with E-state index >= 15 is 0 Å². The second-order valence-corrected chi connectivity index (χ2v) is 8.23. The van der Waals surface area contributed by atoms with Crippen molar-refractivity contribution >= 4 is 27.7 Å². The lowest BCUT2D eigenvalue weighted by atomic mass is 10.0. The molecule has 4 heteroatoms. The normalized spacial score (nSPS) is 11.2. The Balaban J connectivity index is 1.62. The van der Waals surface area contributed by atoms with Crippen LogP contribution in [0.5, 0.6) is 11.5 Å². The minimum Gasteiger partial charge on any atom is -0.457 e. The van der Waals surface area contributed by atoms with Crippen LogP contribution in [0.4, 0.5) is 0 Å². The van der Waals surface area contributed by atoms with Gasteiger partial charge in [0.2, 0.25) is 5.91 Å². The summed E-state index contributed by atoms with van der Waals surface area (Å²) in [6.07, 6.45) is 2.04. The van der Waals surface area contributed by atoms with Gasteiger partial charge in [-0.25, -0.2) is 0 Å². The zero-order valence-electron chi connectivity index (χ0n) is 18.5. The van der Waals surface area contributed by atoms with Crippen LogP contribution in [0, 0.1) is 6.07 Å². The number of carbonyl (C=O) groups is 1. The van der Waals surface area contributed by atoms with Crippen molar-refractivity contribution in [2.24, 2.45) is 5.73 Å². The summed E-state index contributed by atoms with van der Waals surface area (Å²) < 4.78 is 8.28. The number of ether oxygens (including phenoxy) is 1. The number of para-hydroxylation sites is 1. The first-order chi connectivity index (χ1) is 16.1. The van der Waals surface area contributed by atoms with Crippen molar-refractivity contribution in [1.29, 1.82) is 0 Å². The van der Waals surface area contributed by atoms with Gasteiger partial charge in [-0.3, -0.25) is 4.79 Å². The number of primary amides is 1. The molecule has 1 amide bonds. The van der Waals surface area contributed by atoms with E-state index in [1.54, 1.807) is 6.07 Å². The number of carbonyl (C=O) groups excluding carboxylic acids is 1. The predicted octanol–water partition coefficient (Wildman–Crippen LogP) is 6.49. The molecule has 5 rings (SSSR count). The molecular weight excluding hydrogens is 408 g/mol. The molecule has 5 aromatic rings. The molecule has 0 saturated heterocycles. The summed E-state index contributed by atoms with van der Waals surface area (Å²) in [6, 6.07) is 31.3. The van der Waals surface area contributed by atoms with Crippen LogP contribution in [0.2, 0.25) is 0 Å². The molecule has 1 radical (unpaired) electrons. The molecule has 4 aromatic carbocycles. The number of benzene rings is 4. The Morgan fingerprint density at radius 1 is 0.909 bits per heavy atom. The number of aromatic nitrogens is 1. The Hall–Kier alpha value is -4.05. The molecular formula is C29H25N2O2. The lowest BCUT2D eigenvalue weighted by Gasteiger charge is -2.11. The Morgan fingerprint density at radius 3 is 2.48 bits per heavy atom. The molecule has 0 aliphatic carbocycles. The maximum atomic E-state index is 12.2. The first-order valence-corrected chi connectivity index (χ1v) is 11.2. The number of fused-ring (bicyclic) bond motifs is 3. The van der Waals surface area contributed by atoms with Crippen molar-refractivity contribution in [1.82, 2.24) is 4.57 Å². The van der Waals surface area contributed by atoms with Crippen LogP contribution < -0.4 is 10.5 Å². The van der Waals surface area contributed by atoms with Crippen molar-refractivity contribution in [3.05, 3.63) is 108 Å². The molecule has 0 atom stereocenters. The predicted molar refractivity (Wildman–Crippen MR) is 133 cm³/mol. The maximum absolute atomic E-state index is 12.2. The lowest BCUT2D eigenvalue weighted by Crippen LogP contribution is -2.11. The van der Waals surface area contributed by atoms with E-state index in [9.17, 15) is 4.79 Å². The topological polar surface area (TPSA) is 57.2 Å². The summed E-state index contributed by atoms with van der Waals surface area (Å²) in [7, 11) is 0. The van der Waals surface area contributed by atoms with Gasteiger partial charge in [0.25, 0.3) is 0 Å². The van der Waals surface area contributed by atoms with Crippen LogP contribution in [0.1, 0.15) is 34.8 Å². The Bertz CT molecular complexity index is 1450. The molecule has 0 saturated carbocycles. The van der Waals surface area contributed by atoms with Gasteiger partial charge in [-0.15, -0.1) is 0 Å².